The molecule has 1 atom stereocenters. The number of carbonyl (C=O) groups is 1. The number of nitrogens with one attached hydrogen (secondary N) is 2. The second-order valence-corrected chi connectivity index (χ2v) is 6.38. The van der Waals surface area contributed by atoms with E-state index >= 15 is 0 Å². The Kier molecular flexibility index (Phi) is 5.33. The van der Waals surface area contributed by atoms with Crippen molar-refractivity contribution in [3.05, 3.63) is 48.5 Å². The topological polar surface area (TPSA) is 68.2 Å². The van der Waals surface area contributed by atoms with Crippen LogP contribution in [-0.4, -0.2) is 41.4 Å². The van der Waals surface area contributed by atoms with E-state index in [0.29, 0.717) is 18.6 Å². The number of rotatable bonds is 6. The fourth-order valence-corrected chi connectivity index (χ4v) is 3.10. The van der Waals surface area contributed by atoms with Gasteiger partial charge >= 0.3 is 0 Å². The first-order valence-electron chi connectivity index (χ1n) is 8.50. The lowest BCUT2D eigenvalue weighted by molar-refractivity contribution is -0.132. The molecular formula is C18H23FN4O2. The Morgan fingerprint density at radius 1 is 1.44 bits per heavy atom. The molecule has 3 rings (SSSR count). The third kappa shape index (κ3) is 3.99. The van der Waals surface area contributed by atoms with Crippen molar-refractivity contribution in [2.24, 2.45) is 0 Å². The van der Waals surface area contributed by atoms with Gasteiger partial charge in [0.2, 0.25) is 5.91 Å². The van der Waals surface area contributed by atoms with Gasteiger partial charge in [-0.15, -0.1) is 0 Å². The summed E-state index contributed by atoms with van der Waals surface area (Å²) in [5, 5.41) is 10.6. The van der Waals surface area contributed by atoms with Crippen molar-refractivity contribution >= 4 is 5.91 Å². The van der Waals surface area contributed by atoms with Crippen LogP contribution < -0.4 is 15.4 Å². The van der Waals surface area contributed by atoms with Gasteiger partial charge in [-0.25, -0.2) is 4.39 Å². The number of halogens is 1. The van der Waals surface area contributed by atoms with Gasteiger partial charge in [0.25, 0.3) is 0 Å². The van der Waals surface area contributed by atoms with Crippen LogP contribution in [0, 0.1) is 5.82 Å². The quantitative estimate of drug-likeness (QED) is 0.835. The summed E-state index contributed by atoms with van der Waals surface area (Å²) >= 11 is 0. The van der Waals surface area contributed by atoms with Crippen molar-refractivity contribution in [3.63, 3.8) is 0 Å². The van der Waals surface area contributed by atoms with Crippen LogP contribution in [-0.2, 0) is 10.3 Å². The van der Waals surface area contributed by atoms with Crippen molar-refractivity contribution in [1.29, 1.82) is 0 Å². The Hall–Kier alpha value is -2.41. The second kappa shape index (κ2) is 7.65. The third-order valence-corrected chi connectivity index (χ3v) is 4.47. The first-order valence-corrected chi connectivity index (χ1v) is 8.50. The number of carbonyl (C=O) groups excluding carboxylic acids is 1. The van der Waals surface area contributed by atoms with E-state index < -0.39 is 5.54 Å². The van der Waals surface area contributed by atoms with Crippen molar-refractivity contribution in [2.75, 3.05) is 19.7 Å². The van der Waals surface area contributed by atoms with Gasteiger partial charge in [0, 0.05) is 18.5 Å². The van der Waals surface area contributed by atoms with Crippen LogP contribution in [0.25, 0.3) is 0 Å². The zero-order valence-electron chi connectivity index (χ0n) is 14.2. The minimum Gasteiger partial charge on any atom is -0.491 e. The number of aromatic nitrogens is 2. The van der Waals surface area contributed by atoms with Gasteiger partial charge < -0.3 is 15.4 Å². The number of ether oxygens (including phenoxy) is 1. The molecule has 1 aromatic heterocycles. The lowest BCUT2D eigenvalue weighted by Crippen LogP contribution is -2.56. The Balaban J connectivity index is 1.63. The van der Waals surface area contributed by atoms with Gasteiger partial charge in [-0.05, 0) is 51.1 Å². The van der Waals surface area contributed by atoms with Gasteiger partial charge in [-0.1, -0.05) is 6.07 Å². The van der Waals surface area contributed by atoms with E-state index in [0.717, 1.165) is 13.1 Å². The van der Waals surface area contributed by atoms with Gasteiger partial charge in [-0.3, -0.25) is 9.48 Å². The summed E-state index contributed by atoms with van der Waals surface area (Å²) in [6, 6.07) is 7.59. The van der Waals surface area contributed by atoms with Crippen molar-refractivity contribution in [2.45, 2.75) is 31.3 Å². The molecular weight excluding hydrogens is 323 g/mol. The zero-order valence-corrected chi connectivity index (χ0v) is 14.2. The molecule has 1 amide bonds. The maximum atomic E-state index is 13.2. The molecule has 25 heavy (non-hydrogen) atoms. The molecule has 7 heteroatoms. The minimum absolute atomic E-state index is 0.0620. The summed E-state index contributed by atoms with van der Waals surface area (Å²) in [7, 11) is 0. The molecule has 0 bridgehead atoms. The van der Waals surface area contributed by atoms with E-state index in [4.69, 9.17) is 4.74 Å². The highest BCUT2D eigenvalue weighted by molar-refractivity contribution is 5.84. The third-order valence-electron chi connectivity index (χ3n) is 4.47. The minimum atomic E-state index is -0.679. The van der Waals surface area contributed by atoms with Crippen LogP contribution in [0.1, 0.15) is 19.8 Å². The van der Waals surface area contributed by atoms with Crippen LogP contribution in [0.4, 0.5) is 4.39 Å². The summed E-state index contributed by atoms with van der Waals surface area (Å²) in [4.78, 5) is 13.0. The van der Waals surface area contributed by atoms with Crippen LogP contribution in [0.5, 0.6) is 5.75 Å². The first kappa shape index (κ1) is 17.4. The normalized spacial score (nSPS) is 17.7. The fourth-order valence-electron chi connectivity index (χ4n) is 3.10. The molecule has 1 aliphatic heterocycles. The average Bonchev–Trinajstić information content (AvgIpc) is 3.16. The molecule has 1 unspecified atom stereocenters. The number of piperidine rings is 1. The standard InChI is InChI=1S/C18H23FN4O2/c1-14(13-25-16-5-2-4-15(19)12-16)22-17(24)18(6-9-20-10-7-18)23-11-3-8-21-23/h2-5,8,11-12,14,20H,6-7,9-10,13H2,1H3,(H,22,24). The van der Waals surface area contributed by atoms with E-state index in [1.54, 1.807) is 23.0 Å². The number of nitrogens with zero attached hydrogens (tertiary/aromatic N) is 2. The Labute approximate surface area is 146 Å². The van der Waals surface area contributed by atoms with Crippen molar-refractivity contribution in [1.82, 2.24) is 20.4 Å². The predicted octanol–water partition coefficient (Wildman–Crippen LogP) is 1.68. The number of amides is 1. The molecule has 0 radical (unpaired) electrons. The molecule has 2 aromatic rings. The molecule has 1 saturated heterocycles. The number of hydrogen-bond acceptors (Lipinski definition) is 4. The average molecular weight is 346 g/mol. The maximum absolute atomic E-state index is 13.2. The summed E-state index contributed by atoms with van der Waals surface area (Å²) < 4.78 is 20.5. The molecule has 1 aromatic carbocycles. The van der Waals surface area contributed by atoms with E-state index in [9.17, 15) is 9.18 Å². The first-order chi connectivity index (χ1) is 12.1. The molecule has 2 N–H and O–H groups in total. The van der Waals surface area contributed by atoms with E-state index in [-0.39, 0.29) is 24.4 Å². The largest absolute Gasteiger partial charge is 0.491 e. The van der Waals surface area contributed by atoms with Crippen molar-refractivity contribution in [3.8, 4) is 5.75 Å². The fraction of sp³-hybridized carbons (Fsp3) is 0.444. The van der Waals surface area contributed by atoms with Crippen LogP contribution >= 0.6 is 0 Å². The molecule has 0 spiro atoms. The molecule has 0 saturated carbocycles. The highest BCUT2D eigenvalue weighted by Gasteiger charge is 2.42. The van der Waals surface area contributed by atoms with Gasteiger partial charge in [-0.2, -0.15) is 5.10 Å². The van der Waals surface area contributed by atoms with Crippen LogP contribution in [0.15, 0.2) is 42.7 Å². The molecule has 1 aliphatic rings. The molecule has 134 valence electrons. The summed E-state index contributed by atoms with van der Waals surface area (Å²) in [5.74, 6) is 0.0410. The van der Waals surface area contributed by atoms with E-state index in [2.05, 4.69) is 15.7 Å². The molecule has 2 heterocycles. The lowest BCUT2D eigenvalue weighted by Gasteiger charge is -2.37. The van der Waals surface area contributed by atoms with E-state index in [1.165, 1.54) is 12.1 Å². The SMILES string of the molecule is CC(COc1cccc(F)c1)NC(=O)C1(n2cccn2)CCNCC1. The highest BCUT2D eigenvalue weighted by Crippen LogP contribution is 2.27. The predicted molar refractivity (Wildman–Crippen MR) is 91.8 cm³/mol. The summed E-state index contributed by atoms with van der Waals surface area (Å²) in [6.07, 6.45) is 4.88. The Morgan fingerprint density at radius 3 is 2.92 bits per heavy atom. The van der Waals surface area contributed by atoms with Crippen LogP contribution in [0.3, 0.4) is 0 Å². The van der Waals surface area contributed by atoms with Gasteiger partial charge in [0.1, 0.15) is 23.7 Å². The second-order valence-electron chi connectivity index (χ2n) is 6.38. The highest BCUT2D eigenvalue weighted by atomic mass is 19.1. The monoisotopic (exact) mass is 346 g/mol. The number of benzene rings is 1. The van der Waals surface area contributed by atoms with Gasteiger partial charge in [0.05, 0.1) is 6.04 Å². The molecule has 0 aliphatic carbocycles. The maximum Gasteiger partial charge on any atom is 0.248 e. The Morgan fingerprint density at radius 2 is 2.24 bits per heavy atom. The van der Waals surface area contributed by atoms with E-state index in [1.807, 2.05) is 19.2 Å². The summed E-state index contributed by atoms with van der Waals surface area (Å²) in [5.41, 5.74) is -0.679. The Bertz CT molecular complexity index is 699. The number of hydrogen-bond donors (Lipinski definition) is 2. The van der Waals surface area contributed by atoms with Crippen LogP contribution in [0.2, 0.25) is 0 Å². The zero-order chi connectivity index (χ0) is 17.7. The smallest absolute Gasteiger partial charge is 0.248 e. The molecule has 1 fully saturated rings. The van der Waals surface area contributed by atoms with Crippen molar-refractivity contribution < 1.29 is 13.9 Å². The lowest BCUT2D eigenvalue weighted by atomic mass is 9.87. The van der Waals surface area contributed by atoms with Gasteiger partial charge in [0.15, 0.2) is 0 Å². The molecule has 6 nitrogen and oxygen atoms in total. The summed E-state index contributed by atoms with van der Waals surface area (Å²) in [6.45, 7) is 3.67.